The minimum atomic E-state index is 0.0366. The first-order valence-electron chi connectivity index (χ1n) is 8.31. The SMILES string of the molecule is O=C1Nc2cccc3c2C1=C[C@H](c1ccccc1)[C@@H]1CCCN31. The molecule has 3 aliphatic heterocycles. The Hall–Kier alpha value is -2.55. The van der Waals surface area contributed by atoms with E-state index in [1.807, 2.05) is 6.07 Å². The molecule has 2 aromatic rings. The molecule has 23 heavy (non-hydrogen) atoms. The van der Waals surface area contributed by atoms with Gasteiger partial charge in [-0.25, -0.2) is 0 Å². The molecule has 3 heterocycles. The minimum Gasteiger partial charge on any atom is -0.367 e. The van der Waals surface area contributed by atoms with E-state index in [2.05, 4.69) is 58.8 Å². The smallest absolute Gasteiger partial charge is 0.256 e. The van der Waals surface area contributed by atoms with Crippen LogP contribution in [0.1, 0.15) is 29.9 Å². The number of amides is 1. The summed E-state index contributed by atoms with van der Waals surface area (Å²) < 4.78 is 0. The molecule has 5 rings (SSSR count). The lowest BCUT2D eigenvalue weighted by molar-refractivity contribution is -0.110. The first-order valence-corrected chi connectivity index (χ1v) is 8.31. The fourth-order valence-electron chi connectivity index (χ4n) is 4.38. The van der Waals surface area contributed by atoms with Gasteiger partial charge in [0.2, 0.25) is 0 Å². The number of nitrogens with one attached hydrogen (secondary N) is 1. The van der Waals surface area contributed by atoms with E-state index in [-0.39, 0.29) is 11.8 Å². The zero-order valence-electron chi connectivity index (χ0n) is 12.8. The Kier molecular flexibility index (Phi) is 2.66. The van der Waals surface area contributed by atoms with Crippen molar-refractivity contribution in [3.05, 3.63) is 65.7 Å². The predicted octanol–water partition coefficient (Wildman–Crippen LogP) is 3.79. The van der Waals surface area contributed by atoms with Gasteiger partial charge in [0.15, 0.2) is 0 Å². The molecule has 2 aromatic carbocycles. The second-order valence-electron chi connectivity index (χ2n) is 6.57. The van der Waals surface area contributed by atoms with Gasteiger partial charge in [0.1, 0.15) is 0 Å². The summed E-state index contributed by atoms with van der Waals surface area (Å²) >= 11 is 0. The Morgan fingerprint density at radius 2 is 1.91 bits per heavy atom. The standard InChI is InChI=1S/C20H18N2O/c23-20-15-12-14(13-6-2-1-3-7-13)17-10-5-11-22(17)18-9-4-8-16(21-20)19(15)18/h1-4,6-9,12,14,17H,5,10-11H2,(H,21,23)/t14-,17+/m1/s1. The van der Waals surface area contributed by atoms with Crippen LogP contribution in [0.15, 0.2) is 54.6 Å². The van der Waals surface area contributed by atoms with Crippen molar-refractivity contribution in [3.8, 4) is 0 Å². The summed E-state index contributed by atoms with van der Waals surface area (Å²) in [4.78, 5) is 15.0. The van der Waals surface area contributed by atoms with Crippen molar-refractivity contribution in [2.75, 3.05) is 16.8 Å². The molecule has 1 saturated heterocycles. The van der Waals surface area contributed by atoms with Crippen LogP contribution in [0.2, 0.25) is 0 Å². The Bertz CT molecular complexity index is 825. The normalized spacial score (nSPS) is 24.6. The van der Waals surface area contributed by atoms with Crippen molar-refractivity contribution in [3.63, 3.8) is 0 Å². The number of fused-ring (bicyclic) bond motifs is 2. The van der Waals surface area contributed by atoms with Crippen LogP contribution in [0.3, 0.4) is 0 Å². The lowest BCUT2D eigenvalue weighted by Crippen LogP contribution is -2.33. The van der Waals surface area contributed by atoms with Gasteiger partial charge in [0.25, 0.3) is 5.91 Å². The molecule has 3 aliphatic rings. The monoisotopic (exact) mass is 302 g/mol. The Balaban J connectivity index is 1.75. The van der Waals surface area contributed by atoms with E-state index < -0.39 is 0 Å². The molecule has 3 nitrogen and oxygen atoms in total. The van der Waals surface area contributed by atoms with E-state index in [1.165, 1.54) is 24.1 Å². The van der Waals surface area contributed by atoms with Gasteiger partial charge in [-0.3, -0.25) is 4.79 Å². The van der Waals surface area contributed by atoms with Crippen LogP contribution in [-0.2, 0) is 4.79 Å². The highest BCUT2D eigenvalue weighted by atomic mass is 16.2. The average molecular weight is 302 g/mol. The molecule has 1 amide bonds. The molecule has 0 unspecified atom stereocenters. The molecule has 2 atom stereocenters. The molecule has 0 bridgehead atoms. The van der Waals surface area contributed by atoms with E-state index in [0.29, 0.717) is 6.04 Å². The van der Waals surface area contributed by atoms with Gasteiger partial charge in [0, 0.05) is 35.3 Å². The van der Waals surface area contributed by atoms with Gasteiger partial charge in [0.05, 0.1) is 5.69 Å². The van der Waals surface area contributed by atoms with Crippen molar-refractivity contribution in [2.24, 2.45) is 0 Å². The maximum Gasteiger partial charge on any atom is 0.256 e. The maximum absolute atomic E-state index is 12.5. The molecule has 1 N–H and O–H groups in total. The van der Waals surface area contributed by atoms with Crippen molar-refractivity contribution in [1.29, 1.82) is 0 Å². The highest BCUT2D eigenvalue weighted by molar-refractivity contribution is 6.33. The van der Waals surface area contributed by atoms with Crippen molar-refractivity contribution in [1.82, 2.24) is 0 Å². The van der Waals surface area contributed by atoms with Gasteiger partial charge in [-0.05, 0) is 30.5 Å². The molecule has 0 aromatic heterocycles. The quantitative estimate of drug-likeness (QED) is 0.869. The summed E-state index contributed by atoms with van der Waals surface area (Å²) in [7, 11) is 0. The maximum atomic E-state index is 12.5. The number of anilines is 2. The Morgan fingerprint density at radius 1 is 1.04 bits per heavy atom. The van der Waals surface area contributed by atoms with E-state index >= 15 is 0 Å². The Morgan fingerprint density at radius 3 is 2.78 bits per heavy atom. The van der Waals surface area contributed by atoms with Crippen molar-refractivity contribution >= 4 is 22.9 Å². The van der Waals surface area contributed by atoms with Crippen LogP contribution >= 0.6 is 0 Å². The molecule has 114 valence electrons. The summed E-state index contributed by atoms with van der Waals surface area (Å²) in [6.45, 7) is 1.07. The molecule has 0 spiro atoms. The predicted molar refractivity (Wildman–Crippen MR) is 92.6 cm³/mol. The molecule has 3 heteroatoms. The largest absolute Gasteiger partial charge is 0.367 e. The van der Waals surface area contributed by atoms with Crippen molar-refractivity contribution < 1.29 is 4.79 Å². The van der Waals surface area contributed by atoms with Crippen LogP contribution in [-0.4, -0.2) is 18.5 Å². The summed E-state index contributed by atoms with van der Waals surface area (Å²) in [6.07, 6.45) is 4.59. The lowest BCUT2D eigenvalue weighted by Gasteiger charge is -2.31. The van der Waals surface area contributed by atoms with Gasteiger partial charge in [-0.15, -0.1) is 0 Å². The lowest BCUT2D eigenvalue weighted by atomic mass is 9.88. The third kappa shape index (κ3) is 1.79. The third-order valence-electron chi connectivity index (χ3n) is 5.36. The van der Waals surface area contributed by atoms with Crippen LogP contribution in [0, 0.1) is 0 Å². The molecule has 0 aliphatic carbocycles. The molecule has 1 fully saturated rings. The highest BCUT2D eigenvalue weighted by Crippen LogP contribution is 2.47. The van der Waals surface area contributed by atoms with Gasteiger partial charge < -0.3 is 10.2 Å². The van der Waals surface area contributed by atoms with Gasteiger partial charge in [-0.1, -0.05) is 42.5 Å². The van der Waals surface area contributed by atoms with Crippen molar-refractivity contribution in [2.45, 2.75) is 24.8 Å². The first-order chi connectivity index (χ1) is 11.3. The molecule has 0 radical (unpaired) electrons. The number of benzene rings is 2. The number of hydrogen-bond donors (Lipinski definition) is 1. The zero-order chi connectivity index (χ0) is 15.4. The summed E-state index contributed by atoms with van der Waals surface area (Å²) in [6, 6.07) is 17.3. The molecular weight excluding hydrogens is 284 g/mol. The van der Waals surface area contributed by atoms with Crippen LogP contribution < -0.4 is 10.2 Å². The molecule has 0 saturated carbocycles. The van der Waals surface area contributed by atoms with E-state index in [1.54, 1.807) is 0 Å². The number of rotatable bonds is 1. The zero-order valence-corrected chi connectivity index (χ0v) is 12.8. The molecular formula is C20H18N2O. The fraction of sp³-hybridized carbons (Fsp3) is 0.250. The first kappa shape index (κ1) is 12.9. The summed E-state index contributed by atoms with van der Waals surface area (Å²) in [5.74, 6) is 0.298. The second-order valence-corrected chi connectivity index (χ2v) is 6.57. The van der Waals surface area contributed by atoms with Gasteiger partial charge >= 0.3 is 0 Å². The van der Waals surface area contributed by atoms with E-state index in [9.17, 15) is 4.79 Å². The highest BCUT2D eigenvalue weighted by Gasteiger charge is 2.39. The minimum absolute atomic E-state index is 0.0366. The van der Waals surface area contributed by atoms with Gasteiger partial charge in [-0.2, -0.15) is 0 Å². The van der Waals surface area contributed by atoms with E-state index in [4.69, 9.17) is 0 Å². The second kappa shape index (κ2) is 4.72. The summed E-state index contributed by atoms with van der Waals surface area (Å²) in [5.41, 5.74) is 5.42. The van der Waals surface area contributed by atoms with Crippen LogP contribution in [0.4, 0.5) is 11.4 Å². The topological polar surface area (TPSA) is 32.3 Å². The number of carbonyl (C=O) groups is 1. The number of nitrogens with zero attached hydrogens (tertiary/aromatic N) is 1. The number of carbonyl (C=O) groups excluding carboxylic acids is 1. The number of hydrogen-bond acceptors (Lipinski definition) is 2. The third-order valence-corrected chi connectivity index (χ3v) is 5.36. The summed E-state index contributed by atoms with van der Waals surface area (Å²) in [5, 5.41) is 3.03. The fourth-order valence-corrected chi connectivity index (χ4v) is 4.38. The van der Waals surface area contributed by atoms with E-state index in [0.717, 1.165) is 23.4 Å². The average Bonchev–Trinajstić information content (AvgIpc) is 3.14. The van der Waals surface area contributed by atoms with Crippen LogP contribution in [0.5, 0.6) is 0 Å². The Labute approximate surface area is 135 Å². The van der Waals surface area contributed by atoms with Crippen LogP contribution in [0.25, 0.3) is 5.57 Å².